The first kappa shape index (κ1) is 27.8. The maximum atomic E-state index is 13.6. The van der Waals surface area contributed by atoms with Crippen LogP contribution >= 0.6 is 11.6 Å². The fourth-order valence-corrected chi connectivity index (χ4v) is 4.31. The quantitative estimate of drug-likeness (QED) is 0.299. The lowest BCUT2D eigenvalue weighted by molar-refractivity contribution is -0.131. The van der Waals surface area contributed by atoms with Crippen molar-refractivity contribution >= 4 is 41.0 Å². The molecule has 2 aromatic carbocycles. The van der Waals surface area contributed by atoms with E-state index >= 15 is 0 Å². The molecule has 0 aliphatic carbocycles. The van der Waals surface area contributed by atoms with Gasteiger partial charge in [-0.15, -0.1) is 0 Å². The van der Waals surface area contributed by atoms with E-state index in [1.54, 1.807) is 24.3 Å². The van der Waals surface area contributed by atoms with E-state index in [4.69, 9.17) is 26.9 Å². The summed E-state index contributed by atoms with van der Waals surface area (Å²) in [6.45, 7) is 1.84. The van der Waals surface area contributed by atoms with E-state index in [0.29, 0.717) is 34.2 Å². The van der Waals surface area contributed by atoms with Gasteiger partial charge < -0.3 is 20.9 Å². The molecule has 11 nitrogen and oxygen atoms in total. The maximum absolute atomic E-state index is 13.6. The minimum Gasteiger partial charge on any atom is -0.496 e. The average molecular weight is 532 g/mol. The fraction of sp³-hybridized carbons (Fsp3) is 0.360. The van der Waals surface area contributed by atoms with Gasteiger partial charge >= 0.3 is 12.0 Å². The van der Waals surface area contributed by atoms with Gasteiger partial charge in [0.1, 0.15) is 11.6 Å². The largest absolute Gasteiger partial charge is 0.496 e. The number of carboxylic acid groups (broad SMARTS) is 1. The molecule has 0 fully saturated rings. The van der Waals surface area contributed by atoms with Crippen molar-refractivity contribution in [3.05, 3.63) is 58.1 Å². The van der Waals surface area contributed by atoms with E-state index in [9.17, 15) is 19.5 Å². The van der Waals surface area contributed by atoms with Gasteiger partial charge in [-0.25, -0.2) is 9.59 Å². The number of carbonyl (C=O) groups is 3. The normalized spacial score (nSPS) is 16.4. The van der Waals surface area contributed by atoms with Gasteiger partial charge in [0.05, 0.1) is 44.8 Å². The highest BCUT2D eigenvalue weighted by Crippen LogP contribution is 2.27. The first-order valence-electron chi connectivity index (χ1n) is 11.6. The van der Waals surface area contributed by atoms with Crippen LogP contribution in [0.2, 0.25) is 5.02 Å². The Kier molecular flexibility index (Phi) is 9.31. The number of nitrogens with one attached hydrogen (secondary N) is 2. The van der Waals surface area contributed by atoms with E-state index < -0.39 is 29.9 Å². The number of aromatic carboxylic acids is 1. The molecule has 1 aliphatic rings. The van der Waals surface area contributed by atoms with E-state index in [2.05, 4.69) is 15.8 Å². The van der Waals surface area contributed by atoms with Crippen molar-refractivity contribution in [2.24, 2.45) is 10.9 Å². The summed E-state index contributed by atoms with van der Waals surface area (Å²) in [6.07, 6.45) is 0.723. The molecule has 1 aliphatic heterocycles. The van der Waals surface area contributed by atoms with Crippen molar-refractivity contribution in [1.82, 2.24) is 15.7 Å². The van der Waals surface area contributed by atoms with E-state index in [1.807, 2.05) is 6.92 Å². The standard InChI is InChI=1S/C25H30ClN5O6/c1-4-20(14-5-7-18(24(33)34)19(27)11-14)29-25(35)31-13-22(30-37-3)28-12-16(23(31)32)9-15-10-17(26)6-8-21(15)36-2/h5-8,10-11,16,20H,4,9,12-13,27H2,1-3H3,(H,28,30)(H,29,35)(H,33,34)/t16?,20-/m1/s1. The van der Waals surface area contributed by atoms with Crippen molar-refractivity contribution in [2.75, 3.05) is 33.0 Å². The number of rotatable bonds is 8. The Morgan fingerprint density at radius 1 is 1.27 bits per heavy atom. The number of carbonyl (C=O) groups excluding carboxylic acids is 2. The van der Waals surface area contributed by atoms with Crippen molar-refractivity contribution in [3.63, 3.8) is 0 Å². The van der Waals surface area contributed by atoms with Gasteiger partial charge in [-0.05, 0) is 54.3 Å². The van der Waals surface area contributed by atoms with Crippen molar-refractivity contribution in [3.8, 4) is 5.75 Å². The van der Waals surface area contributed by atoms with Crippen LogP contribution in [0.4, 0.5) is 10.5 Å². The lowest BCUT2D eigenvalue weighted by Gasteiger charge is -2.26. The number of methoxy groups -OCH3 is 1. The number of anilines is 1. The van der Waals surface area contributed by atoms with Gasteiger partial charge in [-0.3, -0.25) is 25.0 Å². The molecule has 3 amide bonds. The van der Waals surface area contributed by atoms with Crippen molar-refractivity contribution in [1.29, 1.82) is 0 Å². The molecule has 0 saturated heterocycles. The van der Waals surface area contributed by atoms with E-state index in [-0.39, 0.29) is 30.8 Å². The second kappa shape index (κ2) is 12.4. The molecule has 198 valence electrons. The molecule has 0 spiro atoms. The number of nitrogens with two attached hydrogens (primary N) is 1. The van der Waals surface area contributed by atoms with Crippen molar-refractivity contribution < 1.29 is 29.1 Å². The molecule has 0 radical (unpaired) electrons. The molecule has 1 unspecified atom stereocenters. The highest BCUT2D eigenvalue weighted by molar-refractivity contribution is 6.30. The van der Waals surface area contributed by atoms with Crippen LogP contribution in [-0.4, -0.2) is 61.1 Å². The van der Waals surface area contributed by atoms with Crippen LogP contribution in [0.1, 0.15) is 40.9 Å². The number of benzene rings is 2. The molecule has 1 heterocycles. The summed E-state index contributed by atoms with van der Waals surface area (Å²) in [5, 5.41) is 12.6. The Hall–Kier alpha value is -3.83. The monoisotopic (exact) mass is 531 g/mol. The summed E-state index contributed by atoms with van der Waals surface area (Å²) in [7, 11) is 2.94. The van der Waals surface area contributed by atoms with Gasteiger partial charge in [-0.2, -0.15) is 0 Å². The fourth-order valence-electron chi connectivity index (χ4n) is 4.12. The van der Waals surface area contributed by atoms with E-state index in [1.165, 1.54) is 26.4 Å². The molecule has 37 heavy (non-hydrogen) atoms. The SMILES string of the molecule is CC[C@@H](NC(=O)N1CC(NOC)=NCC(Cc2cc(Cl)ccc2OC)C1=O)c1ccc(C(=O)O)c(N)c1. The zero-order valence-corrected chi connectivity index (χ0v) is 21.5. The summed E-state index contributed by atoms with van der Waals surface area (Å²) in [4.78, 5) is 48.7. The minimum absolute atomic E-state index is 0.0293. The number of nitrogens with zero attached hydrogens (tertiary/aromatic N) is 2. The number of imide groups is 1. The molecule has 3 rings (SSSR count). The number of hydrogen-bond acceptors (Lipinski definition) is 8. The van der Waals surface area contributed by atoms with E-state index in [0.717, 1.165) is 4.90 Å². The molecular weight excluding hydrogens is 502 g/mol. The number of carboxylic acids is 1. The number of urea groups is 1. The number of nitrogen functional groups attached to an aromatic ring is 1. The minimum atomic E-state index is -1.14. The van der Waals surface area contributed by atoms with Crippen molar-refractivity contribution in [2.45, 2.75) is 25.8 Å². The van der Waals surface area contributed by atoms with Crippen LogP contribution in [0.5, 0.6) is 5.75 Å². The first-order valence-corrected chi connectivity index (χ1v) is 12.0. The number of hydroxylamine groups is 1. The van der Waals surface area contributed by atoms with Crippen LogP contribution in [0.3, 0.4) is 0 Å². The Labute approximate surface area is 219 Å². The topological polar surface area (TPSA) is 156 Å². The van der Waals surface area contributed by atoms with Gasteiger partial charge in [0, 0.05) is 10.7 Å². The molecule has 2 aromatic rings. The number of amides is 3. The third-order valence-electron chi connectivity index (χ3n) is 6.01. The maximum Gasteiger partial charge on any atom is 0.337 e. The highest BCUT2D eigenvalue weighted by Gasteiger charge is 2.34. The Balaban J connectivity index is 1.86. The number of halogens is 1. The summed E-state index contributed by atoms with van der Waals surface area (Å²) in [5.74, 6) is -1.34. The number of hydrogen-bond donors (Lipinski definition) is 4. The lowest BCUT2D eigenvalue weighted by Crippen LogP contribution is -2.50. The Morgan fingerprint density at radius 2 is 2.03 bits per heavy atom. The Bertz CT molecular complexity index is 1200. The van der Waals surface area contributed by atoms with Gasteiger partial charge in [0.2, 0.25) is 5.91 Å². The first-order chi connectivity index (χ1) is 17.7. The molecule has 12 heteroatoms. The zero-order chi connectivity index (χ0) is 27.1. The Morgan fingerprint density at radius 3 is 2.65 bits per heavy atom. The molecule has 2 atom stereocenters. The van der Waals surface area contributed by atoms with Gasteiger partial charge in [0.15, 0.2) is 0 Å². The van der Waals surface area contributed by atoms with Crippen LogP contribution < -0.4 is 21.3 Å². The number of aliphatic imine (C=N–C) groups is 1. The molecule has 0 saturated carbocycles. The third kappa shape index (κ3) is 6.69. The average Bonchev–Trinajstić information content (AvgIpc) is 3.01. The third-order valence-corrected chi connectivity index (χ3v) is 6.25. The van der Waals surface area contributed by atoms with Crippen LogP contribution in [0, 0.1) is 5.92 Å². The summed E-state index contributed by atoms with van der Waals surface area (Å²) in [5.41, 5.74) is 9.90. The molecule has 0 aromatic heterocycles. The number of amidine groups is 1. The van der Waals surface area contributed by atoms with Crippen LogP contribution in [-0.2, 0) is 16.1 Å². The zero-order valence-electron chi connectivity index (χ0n) is 20.8. The highest BCUT2D eigenvalue weighted by atomic mass is 35.5. The lowest BCUT2D eigenvalue weighted by atomic mass is 9.97. The van der Waals surface area contributed by atoms with Crippen LogP contribution in [0.15, 0.2) is 41.4 Å². The smallest absolute Gasteiger partial charge is 0.337 e. The molecule has 5 N–H and O–H groups in total. The summed E-state index contributed by atoms with van der Waals surface area (Å²) >= 11 is 6.16. The summed E-state index contributed by atoms with van der Waals surface area (Å²) < 4.78 is 5.41. The molecular formula is C25H30ClN5O6. The van der Waals surface area contributed by atoms with Gasteiger partial charge in [-0.1, -0.05) is 24.6 Å². The second-order valence-electron chi connectivity index (χ2n) is 8.44. The number of ether oxygens (including phenoxy) is 1. The summed E-state index contributed by atoms with van der Waals surface area (Å²) in [6, 6.07) is 8.47. The van der Waals surface area contributed by atoms with Gasteiger partial charge in [0.25, 0.3) is 0 Å². The second-order valence-corrected chi connectivity index (χ2v) is 8.87. The van der Waals surface area contributed by atoms with Crippen LogP contribution in [0.25, 0.3) is 0 Å². The predicted octanol–water partition coefficient (Wildman–Crippen LogP) is 3.04. The molecule has 0 bridgehead atoms. The predicted molar refractivity (Wildman–Crippen MR) is 139 cm³/mol.